The fourth-order valence-corrected chi connectivity index (χ4v) is 2.52. The number of amides is 2. The molecule has 0 aromatic heterocycles. The molecule has 1 N–H and O–H groups in total. The molecule has 0 spiro atoms. The Morgan fingerprint density at radius 3 is 2.43 bits per heavy atom. The van der Waals surface area contributed by atoms with E-state index in [1.807, 2.05) is 26.0 Å². The Morgan fingerprint density at radius 1 is 1.11 bits per heavy atom. The average Bonchev–Trinajstić information content (AvgIpc) is 2.67. The third-order valence-electron chi connectivity index (χ3n) is 3.84. The van der Waals surface area contributed by atoms with Crippen molar-refractivity contribution in [2.75, 3.05) is 26.7 Å². The highest BCUT2D eigenvalue weighted by molar-refractivity contribution is 6.32. The van der Waals surface area contributed by atoms with Crippen LogP contribution >= 0.6 is 11.6 Å². The van der Waals surface area contributed by atoms with Crippen LogP contribution in [0.15, 0.2) is 48.5 Å². The molecule has 0 radical (unpaired) electrons. The molecule has 7 heteroatoms. The highest BCUT2D eigenvalue weighted by Crippen LogP contribution is 2.22. The summed E-state index contributed by atoms with van der Waals surface area (Å²) in [5.41, 5.74) is 0.466. The van der Waals surface area contributed by atoms with Gasteiger partial charge in [0.15, 0.2) is 0 Å². The second-order valence-electron chi connectivity index (χ2n) is 6.47. The van der Waals surface area contributed by atoms with E-state index in [9.17, 15) is 9.59 Å². The second-order valence-corrected chi connectivity index (χ2v) is 6.88. The zero-order valence-electron chi connectivity index (χ0n) is 16.3. The van der Waals surface area contributed by atoms with Gasteiger partial charge in [0.05, 0.1) is 24.2 Å². The molecule has 0 aliphatic heterocycles. The van der Waals surface area contributed by atoms with Crippen molar-refractivity contribution in [1.82, 2.24) is 10.2 Å². The summed E-state index contributed by atoms with van der Waals surface area (Å²) in [7, 11) is 1.66. The van der Waals surface area contributed by atoms with Crippen LogP contribution in [0, 0.1) is 0 Å². The van der Waals surface area contributed by atoms with Gasteiger partial charge in [0.2, 0.25) is 5.91 Å². The SMILES string of the molecule is CC(C)Oc1ccc(C(=O)NCC(=O)N(C)CCOc2ccccc2Cl)cc1. The van der Waals surface area contributed by atoms with Gasteiger partial charge in [-0.3, -0.25) is 9.59 Å². The molecule has 2 amide bonds. The van der Waals surface area contributed by atoms with E-state index >= 15 is 0 Å². The van der Waals surface area contributed by atoms with Crippen LogP contribution < -0.4 is 14.8 Å². The number of halogens is 1. The zero-order chi connectivity index (χ0) is 20.5. The van der Waals surface area contributed by atoms with Gasteiger partial charge >= 0.3 is 0 Å². The Morgan fingerprint density at radius 2 is 1.79 bits per heavy atom. The molecule has 0 bridgehead atoms. The summed E-state index contributed by atoms with van der Waals surface area (Å²) in [5.74, 6) is 0.741. The molecule has 2 rings (SSSR count). The molecule has 0 saturated heterocycles. The van der Waals surface area contributed by atoms with Crippen LogP contribution in [0.25, 0.3) is 0 Å². The first-order valence-corrected chi connectivity index (χ1v) is 9.41. The molecule has 150 valence electrons. The highest BCUT2D eigenvalue weighted by atomic mass is 35.5. The number of para-hydroxylation sites is 1. The number of nitrogens with one attached hydrogen (secondary N) is 1. The summed E-state index contributed by atoms with van der Waals surface area (Å²) in [4.78, 5) is 25.8. The molecule has 2 aromatic rings. The van der Waals surface area contributed by atoms with E-state index in [1.54, 1.807) is 43.4 Å². The van der Waals surface area contributed by atoms with Gasteiger partial charge in [-0.05, 0) is 50.2 Å². The summed E-state index contributed by atoms with van der Waals surface area (Å²) in [5, 5.41) is 3.15. The Kier molecular flexibility index (Phi) is 8.14. The van der Waals surface area contributed by atoms with Crippen molar-refractivity contribution in [2.24, 2.45) is 0 Å². The van der Waals surface area contributed by atoms with Crippen LogP contribution in [0.2, 0.25) is 5.02 Å². The number of nitrogens with zero attached hydrogens (tertiary/aromatic N) is 1. The third kappa shape index (κ3) is 6.78. The lowest BCUT2D eigenvalue weighted by Crippen LogP contribution is -2.39. The van der Waals surface area contributed by atoms with Crippen LogP contribution in [-0.2, 0) is 4.79 Å². The van der Waals surface area contributed by atoms with Gasteiger partial charge in [0.25, 0.3) is 5.91 Å². The maximum absolute atomic E-state index is 12.2. The summed E-state index contributed by atoms with van der Waals surface area (Å²) in [6, 6.07) is 13.9. The van der Waals surface area contributed by atoms with Crippen LogP contribution in [0.5, 0.6) is 11.5 Å². The fraction of sp³-hybridized carbons (Fsp3) is 0.333. The van der Waals surface area contributed by atoms with E-state index in [0.717, 1.165) is 0 Å². The normalized spacial score (nSPS) is 10.5. The Balaban J connectivity index is 1.74. The van der Waals surface area contributed by atoms with Crippen LogP contribution in [-0.4, -0.2) is 49.6 Å². The van der Waals surface area contributed by atoms with Crippen molar-refractivity contribution in [2.45, 2.75) is 20.0 Å². The minimum Gasteiger partial charge on any atom is -0.491 e. The van der Waals surface area contributed by atoms with Gasteiger partial charge in [0, 0.05) is 12.6 Å². The molecule has 6 nitrogen and oxygen atoms in total. The minimum absolute atomic E-state index is 0.0646. The molecule has 0 unspecified atom stereocenters. The van der Waals surface area contributed by atoms with Crippen molar-refractivity contribution in [3.05, 3.63) is 59.1 Å². The Labute approximate surface area is 170 Å². The number of benzene rings is 2. The third-order valence-corrected chi connectivity index (χ3v) is 4.15. The van der Waals surface area contributed by atoms with Gasteiger partial charge in [-0.1, -0.05) is 23.7 Å². The van der Waals surface area contributed by atoms with E-state index in [1.165, 1.54) is 4.90 Å². The first-order chi connectivity index (χ1) is 13.4. The Bertz CT molecular complexity index is 793. The predicted molar refractivity (Wildman–Crippen MR) is 109 cm³/mol. The monoisotopic (exact) mass is 404 g/mol. The number of ether oxygens (including phenoxy) is 2. The lowest BCUT2D eigenvalue weighted by Gasteiger charge is -2.18. The fourth-order valence-electron chi connectivity index (χ4n) is 2.33. The quantitative estimate of drug-likeness (QED) is 0.695. The molecule has 0 saturated carbocycles. The van der Waals surface area contributed by atoms with Crippen molar-refractivity contribution >= 4 is 23.4 Å². The largest absolute Gasteiger partial charge is 0.491 e. The van der Waals surface area contributed by atoms with Crippen LogP contribution in [0.1, 0.15) is 24.2 Å². The topological polar surface area (TPSA) is 67.9 Å². The van der Waals surface area contributed by atoms with Gasteiger partial charge in [-0.25, -0.2) is 0 Å². The molecule has 0 heterocycles. The lowest BCUT2D eigenvalue weighted by molar-refractivity contribution is -0.129. The number of rotatable bonds is 9. The average molecular weight is 405 g/mol. The van der Waals surface area contributed by atoms with E-state index in [-0.39, 0.29) is 24.5 Å². The van der Waals surface area contributed by atoms with Crippen molar-refractivity contribution in [1.29, 1.82) is 0 Å². The van der Waals surface area contributed by atoms with Crippen molar-refractivity contribution in [3.8, 4) is 11.5 Å². The van der Waals surface area contributed by atoms with Crippen molar-refractivity contribution in [3.63, 3.8) is 0 Å². The van der Waals surface area contributed by atoms with Crippen molar-refractivity contribution < 1.29 is 19.1 Å². The summed E-state index contributed by atoms with van der Waals surface area (Å²) >= 11 is 6.02. The number of carbonyl (C=O) groups is 2. The van der Waals surface area contributed by atoms with Gasteiger partial charge in [0.1, 0.15) is 18.1 Å². The van der Waals surface area contributed by atoms with Crippen LogP contribution in [0.4, 0.5) is 0 Å². The zero-order valence-corrected chi connectivity index (χ0v) is 17.0. The number of carbonyl (C=O) groups excluding carboxylic acids is 2. The molecule has 0 aliphatic rings. The molecular weight excluding hydrogens is 380 g/mol. The maximum atomic E-state index is 12.2. The van der Waals surface area contributed by atoms with E-state index < -0.39 is 0 Å². The van der Waals surface area contributed by atoms with E-state index in [0.29, 0.717) is 35.2 Å². The summed E-state index contributed by atoms with van der Waals surface area (Å²) in [6.07, 6.45) is 0.0646. The smallest absolute Gasteiger partial charge is 0.251 e. The Hall–Kier alpha value is -2.73. The lowest BCUT2D eigenvalue weighted by atomic mass is 10.2. The molecular formula is C21H25ClN2O4. The first kappa shape index (κ1) is 21.6. The standard InChI is InChI=1S/C21H25ClN2O4/c1-15(2)28-17-10-8-16(9-11-17)21(26)23-14-20(25)24(3)12-13-27-19-7-5-4-6-18(19)22/h4-11,15H,12-14H2,1-3H3,(H,23,26). The highest BCUT2D eigenvalue weighted by Gasteiger charge is 2.12. The number of hydrogen-bond donors (Lipinski definition) is 1. The van der Waals surface area contributed by atoms with Gasteiger partial charge < -0.3 is 19.7 Å². The number of likely N-dealkylation sites (N-methyl/N-ethyl adjacent to an activating group) is 1. The molecule has 0 atom stereocenters. The van der Waals surface area contributed by atoms with Gasteiger partial charge in [-0.15, -0.1) is 0 Å². The molecule has 0 fully saturated rings. The summed E-state index contributed by atoms with van der Waals surface area (Å²) < 4.78 is 11.1. The summed E-state index contributed by atoms with van der Waals surface area (Å²) in [6.45, 7) is 4.45. The first-order valence-electron chi connectivity index (χ1n) is 9.03. The molecule has 2 aromatic carbocycles. The minimum atomic E-state index is -0.315. The van der Waals surface area contributed by atoms with Crippen LogP contribution in [0.3, 0.4) is 0 Å². The maximum Gasteiger partial charge on any atom is 0.251 e. The molecule has 0 aliphatic carbocycles. The van der Waals surface area contributed by atoms with Gasteiger partial charge in [-0.2, -0.15) is 0 Å². The predicted octanol–water partition coefficient (Wildman–Crippen LogP) is 3.39. The second kappa shape index (κ2) is 10.6. The molecule has 28 heavy (non-hydrogen) atoms. The van der Waals surface area contributed by atoms with E-state index in [4.69, 9.17) is 21.1 Å². The number of hydrogen-bond acceptors (Lipinski definition) is 4. The van der Waals surface area contributed by atoms with E-state index in [2.05, 4.69) is 5.32 Å².